The first-order valence-corrected chi connectivity index (χ1v) is 15.9. The summed E-state index contributed by atoms with van der Waals surface area (Å²) in [5.74, 6) is 2.01. The van der Waals surface area contributed by atoms with Crippen LogP contribution in [0.4, 0.5) is 5.69 Å². The van der Waals surface area contributed by atoms with Crippen LogP contribution in [0.1, 0.15) is 51.3 Å². The second-order valence-corrected chi connectivity index (χ2v) is 13.2. The fourth-order valence-corrected chi connectivity index (χ4v) is 7.70. The standard InChI is InChI=1S/C37H39BrN3O.BrH/c1-24-9-11-27(12-10-24)21-41-23-40(33-17-25(2)26(3)18-34(33)41)16-6-15-39-22-29-19-28-13-14-30(38)20-32(28)36(29)31-7-5-8-35(42-4)37(31)39;/h5,7-14,17-18,20,23,29,36H,6,15-16,19,21-22H2,1-4H3;1H/q+1;/p-1/t29-,36-;/m0./s1. The zero-order valence-corrected chi connectivity index (χ0v) is 28.6. The highest BCUT2D eigenvalue weighted by atomic mass is 79.9. The summed E-state index contributed by atoms with van der Waals surface area (Å²) in [4.78, 5) is 2.61. The number of hydrogen-bond acceptors (Lipinski definition) is 2. The van der Waals surface area contributed by atoms with E-state index in [4.69, 9.17) is 4.74 Å². The quantitative estimate of drug-likeness (QED) is 0.226. The number of anilines is 1. The molecule has 0 saturated heterocycles. The van der Waals surface area contributed by atoms with E-state index in [2.05, 4.69) is 130 Å². The molecule has 0 fully saturated rings. The molecule has 7 rings (SSSR count). The summed E-state index contributed by atoms with van der Waals surface area (Å²) in [5, 5.41) is 0. The molecular weight excluding hydrogens is 662 g/mol. The van der Waals surface area contributed by atoms with Gasteiger partial charge in [-0.25, -0.2) is 9.13 Å². The van der Waals surface area contributed by atoms with E-state index >= 15 is 0 Å². The molecule has 1 aromatic heterocycles. The monoisotopic (exact) mass is 699 g/mol. The third-order valence-electron chi connectivity index (χ3n) is 9.54. The third-order valence-corrected chi connectivity index (χ3v) is 10.0. The molecule has 4 aromatic carbocycles. The molecule has 2 atom stereocenters. The van der Waals surface area contributed by atoms with Crippen LogP contribution in [-0.2, 0) is 19.5 Å². The minimum atomic E-state index is 0. The van der Waals surface area contributed by atoms with E-state index in [0.29, 0.717) is 11.8 Å². The fraction of sp³-hybridized carbons (Fsp3) is 0.324. The highest BCUT2D eigenvalue weighted by Gasteiger charge is 2.41. The van der Waals surface area contributed by atoms with Gasteiger partial charge >= 0.3 is 0 Å². The minimum Gasteiger partial charge on any atom is -1.00 e. The second kappa shape index (κ2) is 12.1. The largest absolute Gasteiger partial charge is 1.00 e. The van der Waals surface area contributed by atoms with Crippen LogP contribution >= 0.6 is 15.9 Å². The molecule has 0 spiro atoms. The third kappa shape index (κ3) is 5.53. The molecule has 222 valence electrons. The van der Waals surface area contributed by atoms with E-state index in [9.17, 15) is 0 Å². The number of benzene rings is 4. The van der Waals surface area contributed by atoms with Crippen LogP contribution in [0, 0.1) is 26.7 Å². The van der Waals surface area contributed by atoms with Crippen molar-refractivity contribution in [2.24, 2.45) is 5.92 Å². The molecule has 43 heavy (non-hydrogen) atoms. The van der Waals surface area contributed by atoms with E-state index < -0.39 is 0 Å². The number of ether oxygens (including phenoxy) is 1. The molecule has 0 saturated carbocycles. The van der Waals surface area contributed by atoms with Crippen molar-refractivity contribution in [3.8, 4) is 5.75 Å². The molecule has 5 aromatic rings. The summed E-state index contributed by atoms with van der Waals surface area (Å²) in [5.41, 5.74) is 13.6. The molecule has 0 amide bonds. The molecule has 1 aliphatic carbocycles. The zero-order chi connectivity index (χ0) is 29.0. The zero-order valence-electron chi connectivity index (χ0n) is 25.4. The maximum absolute atomic E-state index is 5.96. The van der Waals surface area contributed by atoms with Crippen molar-refractivity contribution in [3.63, 3.8) is 0 Å². The Morgan fingerprint density at radius 3 is 2.49 bits per heavy atom. The smallest absolute Gasteiger partial charge is 0.245 e. The van der Waals surface area contributed by atoms with Gasteiger partial charge in [0.25, 0.3) is 0 Å². The van der Waals surface area contributed by atoms with Gasteiger partial charge in [-0.3, -0.25) is 0 Å². The molecule has 6 heteroatoms. The summed E-state index contributed by atoms with van der Waals surface area (Å²) in [6.07, 6.45) is 4.53. The summed E-state index contributed by atoms with van der Waals surface area (Å²) < 4.78 is 12.0. The number of hydrogen-bond donors (Lipinski definition) is 0. The van der Waals surface area contributed by atoms with Gasteiger partial charge in [-0.15, -0.1) is 0 Å². The maximum atomic E-state index is 5.96. The van der Waals surface area contributed by atoms with Crippen molar-refractivity contribution in [1.82, 2.24) is 4.57 Å². The molecular formula is C37H39Br2N3O. The summed E-state index contributed by atoms with van der Waals surface area (Å²) in [6, 6.07) is 27.1. The van der Waals surface area contributed by atoms with Gasteiger partial charge < -0.3 is 26.6 Å². The molecule has 0 radical (unpaired) electrons. The highest BCUT2D eigenvalue weighted by molar-refractivity contribution is 9.10. The van der Waals surface area contributed by atoms with Gasteiger partial charge in [0, 0.05) is 29.9 Å². The first-order chi connectivity index (χ1) is 20.4. The minimum absolute atomic E-state index is 0. The number of fused-ring (bicyclic) bond motifs is 6. The maximum Gasteiger partial charge on any atom is 0.245 e. The molecule has 2 aliphatic rings. The van der Waals surface area contributed by atoms with Crippen LogP contribution in [0.5, 0.6) is 5.75 Å². The van der Waals surface area contributed by atoms with Gasteiger partial charge in [0.05, 0.1) is 19.3 Å². The average molecular weight is 702 g/mol. The Kier molecular flexibility index (Phi) is 8.45. The van der Waals surface area contributed by atoms with E-state index in [1.165, 1.54) is 55.7 Å². The number of halogens is 2. The predicted molar refractivity (Wildman–Crippen MR) is 175 cm³/mol. The van der Waals surface area contributed by atoms with Crippen molar-refractivity contribution in [2.45, 2.75) is 52.6 Å². The highest BCUT2D eigenvalue weighted by Crippen LogP contribution is 2.52. The predicted octanol–water partition coefficient (Wildman–Crippen LogP) is 4.89. The topological polar surface area (TPSA) is 21.3 Å². The lowest BCUT2D eigenvalue weighted by molar-refractivity contribution is -0.663. The van der Waals surface area contributed by atoms with Gasteiger partial charge in [-0.05, 0) is 96.8 Å². The van der Waals surface area contributed by atoms with Gasteiger partial charge in [-0.1, -0.05) is 64.0 Å². The molecule has 0 bridgehead atoms. The summed E-state index contributed by atoms with van der Waals surface area (Å²) in [6.45, 7) is 10.5. The molecule has 0 unspecified atom stereocenters. The number of aromatic nitrogens is 2. The van der Waals surface area contributed by atoms with Crippen LogP contribution in [0.2, 0.25) is 0 Å². The first-order valence-electron chi connectivity index (χ1n) is 15.1. The van der Waals surface area contributed by atoms with Crippen molar-refractivity contribution in [3.05, 3.63) is 123 Å². The number of para-hydroxylation sites is 1. The Balaban J connectivity index is 0.00000329. The Bertz CT molecular complexity index is 1790. The molecule has 1 aliphatic heterocycles. The number of nitrogens with zero attached hydrogens (tertiary/aromatic N) is 3. The first kappa shape index (κ1) is 30.0. The number of imidazole rings is 1. The molecule has 0 N–H and O–H groups in total. The molecule has 4 nitrogen and oxygen atoms in total. The summed E-state index contributed by atoms with van der Waals surface area (Å²) >= 11 is 3.73. The van der Waals surface area contributed by atoms with Crippen molar-refractivity contribution >= 4 is 32.7 Å². The molecule has 2 heterocycles. The number of rotatable bonds is 7. The van der Waals surface area contributed by atoms with Crippen LogP contribution in [0.25, 0.3) is 11.0 Å². The van der Waals surface area contributed by atoms with Gasteiger partial charge in [0.15, 0.2) is 11.0 Å². The van der Waals surface area contributed by atoms with E-state index in [-0.39, 0.29) is 17.0 Å². The lowest BCUT2D eigenvalue weighted by Crippen LogP contribution is -3.00. The second-order valence-electron chi connectivity index (χ2n) is 12.3. The fourth-order valence-electron chi connectivity index (χ4n) is 7.32. The van der Waals surface area contributed by atoms with Gasteiger partial charge in [0.2, 0.25) is 6.33 Å². The Morgan fingerprint density at radius 2 is 1.70 bits per heavy atom. The van der Waals surface area contributed by atoms with Gasteiger partial charge in [-0.2, -0.15) is 0 Å². The van der Waals surface area contributed by atoms with E-state index in [1.807, 2.05) is 7.11 Å². The lowest BCUT2D eigenvalue weighted by atomic mass is 9.81. The van der Waals surface area contributed by atoms with Crippen LogP contribution < -0.4 is 31.2 Å². The lowest BCUT2D eigenvalue weighted by Gasteiger charge is -2.39. The van der Waals surface area contributed by atoms with Crippen LogP contribution in [-0.4, -0.2) is 24.8 Å². The van der Waals surface area contributed by atoms with Crippen LogP contribution in [0.15, 0.2) is 83.6 Å². The van der Waals surface area contributed by atoms with E-state index in [0.717, 1.165) is 49.2 Å². The summed E-state index contributed by atoms with van der Waals surface area (Å²) in [7, 11) is 1.81. The van der Waals surface area contributed by atoms with Gasteiger partial charge in [0.1, 0.15) is 12.3 Å². The van der Waals surface area contributed by atoms with Crippen LogP contribution in [0.3, 0.4) is 0 Å². The SMILES string of the molecule is COc1cccc2c1N(CCCn1c[n+](Cc3ccc(C)cc3)c3cc(C)c(C)cc31)C[C@@H]1Cc3ccc(Br)cc3[C@H]21.[Br-]. The Hall–Kier alpha value is -3.09. The van der Waals surface area contributed by atoms with Crippen molar-refractivity contribution in [1.29, 1.82) is 0 Å². The van der Waals surface area contributed by atoms with E-state index in [1.54, 1.807) is 0 Å². The Labute approximate surface area is 274 Å². The normalized spacial score (nSPS) is 16.9. The number of methoxy groups -OCH3 is 1. The number of aryl methyl sites for hydroxylation is 4. The van der Waals surface area contributed by atoms with Crippen molar-refractivity contribution in [2.75, 3.05) is 25.1 Å². The Morgan fingerprint density at radius 1 is 0.907 bits per heavy atom. The average Bonchev–Trinajstić information content (AvgIpc) is 3.51. The van der Waals surface area contributed by atoms with Crippen molar-refractivity contribution < 1.29 is 26.3 Å².